The lowest BCUT2D eigenvalue weighted by molar-refractivity contribution is 0.326. The zero-order valence-electron chi connectivity index (χ0n) is 22.2. The van der Waals surface area contributed by atoms with Gasteiger partial charge in [0, 0.05) is 24.5 Å². The molecule has 0 bridgehead atoms. The number of rotatable bonds is 8. The SMILES string of the molecule is CCOc1cc(C2N(c3ccc(C)cc3)CCN2c2ccc(C)cc2)cc(I)c1OS(=O)(=O)c1ccccc1. The van der Waals surface area contributed by atoms with Gasteiger partial charge in [-0.25, -0.2) is 0 Å². The van der Waals surface area contributed by atoms with E-state index < -0.39 is 10.1 Å². The van der Waals surface area contributed by atoms with Crippen molar-refractivity contribution in [3.05, 3.63) is 111 Å². The zero-order valence-corrected chi connectivity index (χ0v) is 25.1. The van der Waals surface area contributed by atoms with Gasteiger partial charge in [0.2, 0.25) is 0 Å². The van der Waals surface area contributed by atoms with Gasteiger partial charge in [-0.1, -0.05) is 53.6 Å². The van der Waals surface area contributed by atoms with Crippen molar-refractivity contribution in [1.82, 2.24) is 0 Å². The van der Waals surface area contributed by atoms with E-state index in [1.54, 1.807) is 18.2 Å². The van der Waals surface area contributed by atoms with Crippen LogP contribution in [0.25, 0.3) is 0 Å². The number of anilines is 2. The Kier molecular flexibility index (Phi) is 8.04. The summed E-state index contributed by atoms with van der Waals surface area (Å²) in [6.45, 7) is 8.09. The number of hydrogen-bond acceptors (Lipinski definition) is 6. The highest BCUT2D eigenvalue weighted by Crippen LogP contribution is 2.43. The maximum absolute atomic E-state index is 13.1. The van der Waals surface area contributed by atoms with Crippen molar-refractivity contribution in [2.45, 2.75) is 31.8 Å². The van der Waals surface area contributed by atoms with Gasteiger partial charge in [0.1, 0.15) is 11.1 Å². The van der Waals surface area contributed by atoms with Gasteiger partial charge in [0.15, 0.2) is 11.5 Å². The minimum Gasteiger partial charge on any atom is -0.490 e. The molecule has 0 atom stereocenters. The van der Waals surface area contributed by atoms with Crippen LogP contribution in [0, 0.1) is 17.4 Å². The highest BCUT2D eigenvalue weighted by atomic mass is 127. The van der Waals surface area contributed by atoms with E-state index in [2.05, 4.69) is 94.8 Å². The normalized spacial score (nSPS) is 14.1. The molecule has 4 aromatic carbocycles. The van der Waals surface area contributed by atoms with Gasteiger partial charge < -0.3 is 18.7 Å². The van der Waals surface area contributed by atoms with Crippen molar-refractivity contribution in [2.24, 2.45) is 0 Å². The van der Waals surface area contributed by atoms with E-state index in [1.807, 2.05) is 19.1 Å². The molecule has 1 aliphatic rings. The van der Waals surface area contributed by atoms with Crippen LogP contribution in [0.4, 0.5) is 11.4 Å². The Bertz CT molecular complexity index is 1490. The monoisotopic (exact) mass is 654 g/mol. The summed E-state index contributed by atoms with van der Waals surface area (Å²) < 4.78 is 38.5. The number of aryl methyl sites for hydroxylation is 2. The Morgan fingerprint density at radius 1 is 0.821 bits per heavy atom. The molecule has 0 aliphatic carbocycles. The number of ether oxygens (including phenoxy) is 1. The molecular weight excluding hydrogens is 623 g/mol. The average Bonchev–Trinajstić information content (AvgIpc) is 3.37. The van der Waals surface area contributed by atoms with Gasteiger partial charge in [-0.2, -0.15) is 8.42 Å². The van der Waals surface area contributed by atoms with Crippen LogP contribution in [0.15, 0.2) is 95.9 Å². The zero-order chi connectivity index (χ0) is 27.6. The quantitative estimate of drug-likeness (QED) is 0.149. The Balaban J connectivity index is 1.59. The molecule has 0 N–H and O–H groups in total. The van der Waals surface area contributed by atoms with Crippen LogP contribution in [-0.2, 0) is 10.1 Å². The number of halogens is 1. The summed E-state index contributed by atoms with van der Waals surface area (Å²) in [7, 11) is -4.03. The summed E-state index contributed by atoms with van der Waals surface area (Å²) >= 11 is 2.14. The molecule has 1 heterocycles. The fourth-order valence-corrected chi connectivity index (χ4v) is 6.69. The van der Waals surface area contributed by atoms with Gasteiger partial charge in [0.05, 0.1) is 10.2 Å². The van der Waals surface area contributed by atoms with Crippen molar-refractivity contribution >= 4 is 44.1 Å². The molecule has 202 valence electrons. The van der Waals surface area contributed by atoms with Crippen LogP contribution < -0.4 is 18.7 Å². The molecule has 4 aromatic rings. The van der Waals surface area contributed by atoms with Gasteiger partial charge in [-0.05, 0) is 97.5 Å². The van der Waals surface area contributed by atoms with E-state index >= 15 is 0 Å². The molecule has 6 nitrogen and oxygen atoms in total. The summed E-state index contributed by atoms with van der Waals surface area (Å²) in [6, 6.07) is 29.2. The first kappa shape index (κ1) is 27.3. The summed E-state index contributed by atoms with van der Waals surface area (Å²) in [5.41, 5.74) is 5.66. The third-order valence-electron chi connectivity index (χ3n) is 6.76. The minimum atomic E-state index is -4.03. The molecule has 39 heavy (non-hydrogen) atoms. The van der Waals surface area contributed by atoms with E-state index in [-0.39, 0.29) is 16.8 Å². The van der Waals surface area contributed by atoms with Crippen molar-refractivity contribution in [1.29, 1.82) is 0 Å². The fourth-order valence-electron chi connectivity index (χ4n) is 4.83. The van der Waals surface area contributed by atoms with Crippen molar-refractivity contribution in [3.8, 4) is 11.5 Å². The Morgan fingerprint density at radius 2 is 1.36 bits per heavy atom. The fraction of sp³-hybridized carbons (Fsp3) is 0.226. The molecule has 0 radical (unpaired) electrons. The molecule has 0 unspecified atom stereocenters. The van der Waals surface area contributed by atoms with E-state index in [0.717, 1.165) is 30.0 Å². The molecular formula is C31H31IN2O4S. The number of benzene rings is 4. The summed E-state index contributed by atoms with van der Waals surface area (Å²) in [4.78, 5) is 4.85. The number of nitrogens with zero attached hydrogens (tertiary/aromatic N) is 2. The highest BCUT2D eigenvalue weighted by Gasteiger charge is 2.35. The molecule has 8 heteroatoms. The molecule has 0 amide bonds. The second kappa shape index (κ2) is 11.5. The van der Waals surface area contributed by atoms with E-state index in [1.165, 1.54) is 23.3 Å². The smallest absolute Gasteiger partial charge is 0.339 e. The van der Waals surface area contributed by atoms with Crippen LogP contribution >= 0.6 is 22.6 Å². The van der Waals surface area contributed by atoms with E-state index in [0.29, 0.717) is 15.9 Å². The molecule has 5 rings (SSSR count). The molecule has 1 saturated heterocycles. The van der Waals surface area contributed by atoms with E-state index in [4.69, 9.17) is 8.92 Å². The van der Waals surface area contributed by atoms with Crippen LogP contribution in [0.5, 0.6) is 11.5 Å². The molecule has 1 fully saturated rings. The lowest BCUT2D eigenvalue weighted by Gasteiger charge is -2.34. The van der Waals surface area contributed by atoms with Crippen molar-refractivity contribution < 1.29 is 17.3 Å². The first-order valence-electron chi connectivity index (χ1n) is 12.9. The van der Waals surface area contributed by atoms with E-state index in [9.17, 15) is 8.42 Å². The highest BCUT2D eigenvalue weighted by molar-refractivity contribution is 14.1. The first-order chi connectivity index (χ1) is 18.8. The molecule has 0 spiro atoms. The lowest BCUT2D eigenvalue weighted by Crippen LogP contribution is -2.31. The Labute approximate surface area is 244 Å². The third kappa shape index (κ3) is 5.86. The Hall–Kier alpha value is -3.24. The maximum atomic E-state index is 13.1. The van der Waals surface area contributed by atoms with Crippen molar-refractivity contribution in [3.63, 3.8) is 0 Å². The third-order valence-corrected chi connectivity index (χ3v) is 8.80. The molecule has 1 aliphatic heterocycles. The van der Waals surface area contributed by atoms with Gasteiger partial charge in [-0.15, -0.1) is 0 Å². The molecule has 0 aromatic heterocycles. The predicted molar refractivity (Wildman–Crippen MR) is 164 cm³/mol. The minimum absolute atomic E-state index is 0.0965. The predicted octanol–water partition coefficient (Wildman–Crippen LogP) is 7.10. The second-order valence-corrected chi connectivity index (χ2v) is 12.3. The van der Waals surface area contributed by atoms with Crippen LogP contribution in [-0.4, -0.2) is 28.1 Å². The van der Waals surface area contributed by atoms with Crippen LogP contribution in [0.2, 0.25) is 0 Å². The summed E-state index contributed by atoms with van der Waals surface area (Å²) in [6.07, 6.45) is -0.122. The first-order valence-corrected chi connectivity index (χ1v) is 15.4. The van der Waals surface area contributed by atoms with Gasteiger partial charge in [0.25, 0.3) is 0 Å². The van der Waals surface area contributed by atoms with Gasteiger partial charge in [-0.3, -0.25) is 0 Å². The Morgan fingerprint density at radius 3 is 1.87 bits per heavy atom. The largest absolute Gasteiger partial charge is 0.490 e. The average molecular weight is 655 g/mol. The van der Waals surface area contributed by atoms with Crippen LogP contribution in [0.3, 0.4) is 0 Å². The van der Waals surface area contributed by atoms with Crippen molar-refractivity contribution in [2.75, 3.05) is 29.5 Å². The maximum Gasteiger partial charge on any atom is 0.339 e. The standard InChI is InChI=1S/C31H31IN2O4S/c1-4-37-29-21-24(20-28(32)30(29)38-39(35,36)27-8-6-5-7-9-27)31-33(25-14-10-22(2)11-15-25)18-19-34(31)26-16-12-23(3)13-17-26/h5-17,20-21,31H,4,18-19H2,1-3H3. The number of hydrogen-bond donors (Lipinski definition) is 0. The molecule has 0 saturated carbocycles. The second-order valence-electron chi connectivity index (χ2n) is 9.55. The summed E-state index contributed by atoms with van der Waals surface area (Å²) in [5.74, 6) is 0.602. The lowest BCUT2D eigenvalue weighted by atomic mass is 10.1. The summed E-state index contributed by atoms with van der Waals surface area (Å²) in [5, 5.41) is 0. The topological polar surface area (TPSA) is 59.1 Å². The van der Waals surface area contributed by atoms with Gasteiger partial charge >= 0.3 is 10.1 Å². The van der Waals surface area contributed by atoms with Crippen LogP contribution in [0.1, 0.15) is 29.8 Å².